The maximum absolute atomic E-state index is 11.9. The van der Waals surface area contributed by atoms with Gasteiger partial charge >= 0.3 is 0 Å². The number of hydrogen-bond donors (Lipinski definition) is 2. The molecule has 2 aliphatic rings. The van der Waals surface area contributed by atoms with Crippen molar-refractivity contribution in [2.24, 2.45) is 5.92 Å². The van der Waals surface area contributed by atoms with Crippen LogP contribution in [0.15, 0.2) is 0 Å². The minimum atomic E-state index is 0.227. The Bertz CT molecular complexity index is 252. The quantitative estimate of drug-likeness (QED) is 0.762. The van der Waals surface area contributed by atoms with Crippen molar-refractivity contribution < 1.29 is 9.90 Å². The predicted octanol–water partition coefficient (Wildman–Crippen LogP) is 0.749. The van der Waals surface area contributed by atoms with Gasteiger partial charge in [-0.25, -0.2) is 0 Å². The fourth-order valence-electron chi connectivity index (χ4n) is 2.99. The summed E-state index contributed by atoms with van der Waals surface area (Å²) in [6, 6.07) is 0.334. The molecule has 1 saturated carbocycles. The number of rotatable bonds is 4. The number of hydrogen-bond acceptors (Lipinski definition) is 3. The Morgan fingerprint density at radius 1 is 1.18 bits per heavy atom. The molecule has 0 spiro atoms. The Morgan fingerprint density at radius 2 is 1.88 bits per heavy atom. The van der Waals surface area contributed by atoms with E-state index in [1.165, 1.54) is 12.8 Å². The van der Waals surface area contributed by atoms with E-state index in [4.69, 9.17) is 0 Å². The third-order valence-electron chi connectivity index (χ3n) is 4.12. The van der Waals surface area contributed by atoms with E-state index >= 15 is 0 Å². The molecule has 0 bridgehead atoms. The van der Waals surface area contributed by atoms with Gasteiger partial charge in [0.2, 0.25) is 5.91 Å². The first kappa shape index (κ1) is 12.8. The summed E-state index contributed by atoms with van der Waals surface area (Å²) in [5.41, 5.74) is 0. The summed E-state index contributed by atoms with van der Waals surface area (Å²) in [5.74, 6) is 0.569. The molecule has 2 fully saturated rings. The maximum atomic E-state index is 11.9. The highest BCUT2D eigenvalue weighted by Crippen LogP contribution is 2.23. The number of carbonyl (C=O) groups is 1. The van der Waals surface area contributed by atoms with Crippen molar-refractivity contribution in [3.63, 3.8) is 0 Å². The van der Waals surface area contributed by atoms with E-state index in [0.717, 1.165) is 38.8 Å². The van der Waals surface area contributed by atoms with E-state index in [0.29, 0.717) is 18.5 Å². The van der Waals surface area contributed by atoms with Crippen LogP contribution in [0.4, 0.5) is 0 Å². The van der Waals surface area contributed by atoms with E-state index in [2.05, 4.69) is 5.32 Å². The molecule has 1 heterocycles. The fraction of sp³-hybridized carbons (Fsp3) is 0.923. The van der Waals surface area contributed by atoms with E-state index in [-0.39, 0.29) is 12.5 Å². The number of nitrogens with zero attached hydrogens (tertiary/aromatic N) is 1. The van der Waals surface area contributed by atoms with Crippen LogP contribution in [0.2, 0.25) is 0 Å². The normalized spacial score (nSPS) is 29.6. The molecule has 4 heteroatoms. The molecule has 1 aliphatic heterocycles. The standard InChI is InChI=1S/C13H24N2O2/c16-10-11-5-1-2-6-12(11)14-9-13(17)15-7-3-4-8-15/h11-12,14,16H,1-10H2. The van der Waals surface area contributed by atoms with Crippen molar-refractivity contribution in [3.05, 3.63) is 0 Å². The lowest BCUT2D eigenvalue weighted by Gasteiger charge is -2.31. The van der Waals surface area contributed by atoms with Crippen LogP contribution < -0.4 is 5.32 Å². The number of likely N-dealkylation sites (tertiary alicyclic amines) is 1. The number of aliphatic hydroxyl groups is 1. The first-order valence-corrected chi connectivity index (χ1v) is 6.93. The summed E-state index contributed by atoms with van der Waals surface area (Å²) in [5, 5.41) is 12.7. The molecule has 17 heavy (non-hydrogen) atoms. The average molecular weight is 240 g/mol. The third-order valence-corrected chi connectivity index (χ3v) is 4.12. The second kappa shape index (κ2) is 6.36. The number of carbonyl (C=O) groups excluding carboxylic acids is 1. The van der Waals surface area contributed by atoms with E-state index in [9.17, 15) is 9.90 Å². The molecule has 98 valence electrons. The highest BCUT2D eigenvalue weighted by Gasteiger charge is 2.25. The van der Waals surface area contributed by atoms with Crippen LogP contribution in [0.3, 0.4) is 0 Å². The predicted molar refractivity (Wildman–Crippen MR) is 66.6 cm³/mol. The van der Waals surface area contributed by atoms with Gasteiger partial charge in [-0.3, -0.25) is 4.79 Å². The van der Waals surface area contributed by atoms with E-state index < -0.39 is 0 Å². The minimum absolute atomic E-state index is 0.227. The Kier molecular flexibility index (Phi) is 4.80. The largest absolute Gasteiger partial charge is 0.396 e. The first-order chi connectivity index (χ1) is 8.31. The number of amides is 1. The summed E-state index contributed by atoms with van der Waals surface area (Å²) >= 11 is 0. The van der Waals surface area contributed by atoms with Crippen LogP contribution in [0.5, 0.6) is 0 Å². The Morgan fingerprint density at radius 3 is 2.59 bits per heavy atom. The van der Waals surface area contributed by atoms with Gasteiger partial charge in [0, 0.05) is 25.7 Å². The van der Waals surface area contributed by atoms with Gasteiger partial charge in [0.1, 0.15) is 0 Å². The monoisotopic (exact) mass is 240 g/mol. The molecule has 2 atom stereocenters. The number of aliphatic hydroxyl groups excluding tert-OH is 1. The van der Waals surface area contributed by atoms with Crippen molar-refractivity contribution >= 4 is 5.91 Å². The van der Waals surface area contributed by atoms with Crippen molar-refractivity contribution in [2.75, 3.05) is 26.2 Å². The smallest absolute Gasteiger partial charge is 0.236 e. The molecular formula is C13H24N2O2. The molecule has 0 aromatic carbocycles. The van der Waals surface area contributed by atoms with Gasteiger partial charge in [-0.15, -0.1) is 0 Å². The molecule has 1 saturated heterocycles. The van der Waals surface area contributed by atoms with Crippen LogP contribution in [0.25, 0.3) is 0 Å². The lowest BCUT2D eigenvalue weighted by molar-refractivity contribution is -0.129. The fourth-order valence-corrected chi connectivity index (χ4v) is 2.99. The van der Waals surface area contributed by atoms with Crippen LogP contribution in [-0.2, 0) is 4.79 Å². The molecule has 1 aliphatic carbocycles. The third kappa shape index (κ3) is 3.42. The molecule has 0 aromatic heterocycles. The summed E-state index contributed by atoms with van der Waals surface area (Å²) in [7, 11) is 0. The first-order valence-electron chi connectivity index (χ1n) is 6.93. The molecule has 2 N–H and O–H groups in total. The lowest BCUT2D eigenvalue weighted by Crippen LogP contribution is -2.45. The van der Waals surface area contributed by atoms with Gasteiger partial charge in [0.05, 0.1) is 6.54 Å². The highest BCUT2D eigenvalue weighted by molar-refractivity contribution is 5.78. The summed E-state index contributed by atoms with van der Waals surface area (Å²) < 4.78 is 0. The van der Waals surface area contributed by atoms with Gasteiger partial charge in [-0.2, -0.15) is 0 Å². The van der Waals surface area contributed by atoms with Crippen molar-refractivity contribution in [1.29, 1.82) is 0 Å². The Hall–Kier alpha value is -0.610. The van der Waals surface area contributed by atoms with Crippen molar-refractivity contribution in [2.45, 2.75) is 44.6 Å². The van der Waals surface area contributed by atoms with Crippen LogP contribution in [-0.4, -0.2) is 48.2 Å². The second-order valence-corrected chi connectivity index (χ2v) is 5.30. The molecule has 0 radical (unpaired) electrons. The summed E-state index contributed by atoms with van der Waals surface area (Å²) in [4.78, 5) is 13.8. The average Bonchev–Trinajstić information content (AvgIpc) is 2.90. The van der Waals surface area contributed by atoms with Crippen molar-refractivity contribution in [3.8, 4) is 0 Å². The molecular weight excluding hydrogens is 216 g/mol. The minimum Gasteiger partial charge on any atom is -0.396 e. The highest BCUT2D eigenvalue weighted by atomic mass is 16.3. The number of nitrogens with one attached hydrogen (secondary N) is 1. The van der Waals surface area contributed by atoms with Gasteiger partial charge in [-0.05, 0) is 31.6 Å². The summed E-state index contributed by atoms with van der Waals surface area (Å²) in [6.07, 6.45) is 6.91. The molecule has 4 nitrogen and oxygen atoms in total. The topological polar surface area (TPSA) is 52.6 Å². The van der Waals surface area contributed by atoms with Gasteiger partial charge in [0.25, 0.3) is 0 Å². The molecule has 1 amide bonds. The van der Waals surface area contributed by atoms with E-state index in [1.54, 1.807) is 0 Å². The van der Waals surface area contributed by atoms with Gasteiger partial charge in [0.15, 0.2) is 0 Å². The SMILES string of the molecule is O=C(CNC1CCCCC1CO)N1CCCC1. The lowest BCUT2D eigenvalue weighted by atomic mass is 9.85. The van der Waals surface area contributed by atoms with Crippen LogP contribution >= 0.6 is 0 Å². The maximum Gasteiger partial charge on any atom is 0.236 e. The van der Waals surface area contributed by atoms with Crippen LogP contribution in [0, 0.1) is 5.92 Å². The second-order valence-electron chi connectivity index (χ2n) is 5.30. The Balaban J connectivity index is 1.74. The zero-order chi connectivity index (χ0) is 12.1. The molecule has 2 unspecified atom stereocenters. The van der Waals surface area contributed by atoms with E-state index in [1.807, 2.05) is 4.90 Å². The zero-order valence-electron chi connectivity index (χ0n) is 10.5. The van der Waals surface area contributed by atoms with Crippen LogP contribution in [0.1, 0.15) is 38.5 Å². The zero-order valence-corrected chi connectivity index (χ0v) is 10.5. The van der Waals surface area contributed by atoms with Crippen molar-refractivity contribution in [1.82, 2.24) is 10.2 Å². The Labute approximate surface area is 103 Å². The molecule has 2 rings (SSSR count). The molecule has 0 aromatic rings. The van der Waals surface area contributed by atoms with Gasteiger partial charge in [-0.1, -0.05) is 12.8 Å². The summed E-state index contributed by atoms with van der Waals surface area (Å²) in [6.45, 7) is 2.54. The van der Waals surface area contributed by atoms with Gasteiger partial charge < -0.3 is 15.3 Å².